The number of terminal acetylenes is 1. The molecule has 0 aliphatic heterocycles. The Bertz CT molecular complexity index is 623. The third-order valence-electron chi connectivity index (χ3n) is 1.96. The SMILES string of the molecule is C#CCCC(=O)Oc1c(Cl)cc(S(=O)(=O)O)cc1Cl. The molecule has 5 nitrogen and oxygen atoms in total. The lowest BCUT2D eigenvalue weighted by atomic mass is 10.3. The van der Waals surface area contributed by atoms with E-state index in [1.54, 1.807) is 0 Å². The molecule has 0 aliphatic carbocycles. The fourth-order valence-corrected chi connectivity index (χ4v) is 2.35. The van der Waals surface area contributed by atoms with Gasteiger partial charge in [0.2, 0.25) is 0 Å². The maximum atomic E-state index is 11.4. The second-order valence-corrected chi connectivity index (χ2v) is 5.61. The number of hydrogen-bond acceptors (Lipinski definition) is 4. The van der Waals surface area contributed by atoms with Crippen molar-refractivity contribution in [3.8, 4) is 18.1 Å². The van der Waals surface area contributed by atoms with Gasteiger partial charge in [-0.25, -0.2) is 0 Å². The predicted molar refractivity (Wildman–Crippen MR) is 70.0 cm³/mol. The summed E-state index contributed by atoms with van der Waals surface area (Å²) in [5.41, 5.74) is 0. The van der Waals surface area contributed by atoms with E-state index in [4.69, 9.17) is 38.9 Å². The normalized spacial score (nSPS) is 10.8. The van der Waals surface area contributed by atoms with Crippen molar-refractivity contribution in [2.45, 2.75) is 17.7 Å². The first kappa shape index (κ1) is 15.8. The summed E-state index contributed by atoms with van der Waals surface area (Å²) < 4.78 is 35.6. The Morgan fingerprint density at radius 1 is 1.37 bits per heavy atom. The molecule has 1 rings (SSSR count). The minimum absolute atomic E-state index is 0.0246. The summed E-state index contributed by atoms with van der Waals surface area (Å²) in [4.78, 5) is 10.9. The van der Waals surface area contributed by atoms with Gasteiger partial charge in [-0.15, -0.1) is 12.3 Å². The summed E-state index contributed by atoms with van der Waals surface area (Å²) in [5.74, 6) is 1.43. The van der Waals surface area contributed by atoms with Crippen LogP contribution in [-0.4, -0.2) is 18.9 Å². The van der Waals surface area contributed by atoms with Crippen LogP contribution in [0, 0.1) is 12.3 Å². The van der Waals surface area contributed by atoms with Gasteiger partial charge in [0.1, 0.15) is 0 Å². The maximum absolute atomic E-state index is 11.4. The minimum atomic E-state index is -4.44. The van der Waals surface area contributed by atoms with E-state index in [0.717, 1.165) is 12.1 Å². The number of esters is 1. The van der Waals surface area contributed by atoms with E-state index < -0.39 is 21.0 Å². The molecule has 0 saturated heterocycles. The standard InChI is InChI=1S/C11H8Cl2O5S/c1-2-3-4-10(14)18-11-8(12)5-7(6-9(11)13)19(15,16)17/h1,5-6H,3-4H2,(H,15,16,17). The van der Waals surface area contributed by atoms with Gasteiger partial charge in [-0.1, -0.05) is 23.2 Å². The number of rotatable bonds is 4. The summed E-state index contributed by atoms with van der Waals surface area (Å²) in [5, 5.41) is -0.427. The van der Waals surface area contributed by atoms with Crippen LogP contribution in [0.1, 0.15) is 12.8 Å². The molecule has 0 bridgehead atoms. The lowest BCUT2D eigenvalue weighted by Crippen LogP contribution is -2.08. The van der Waals surface area contributed by atoms with Gasteiger partial charge in [-0.05, 0) is 12.1 Å². The predicted octanol–water partition coefficient (Wildman–Crippen LogP) is 2.56. The Morgan fingerprint density at radius 3 is 2.32 bits per heavy atom. The fourth-order valence-electron chi connectivity index (χ4n) is 1.12. The third-order valence-corrected chi connectivity index (χ3v) is 3.35. The highest BCUT2D eigenvalue weighted by Crippen LogP contribution is 2.35. The first-order valence-corrected chi connectivity index (χ1v) is 7.06. The van der Waals surface area contributed by atoms with Crippen molar-refractivity contribution in [2.75, 3.05) is 0 Å². The topological polar surface area (TPSA) is 80.7 Å². The van der Waals surface area contributed by atoms with Crippen LogP contribution in [0.2, 0.25) is 10.0 Å². The van der Waals surface area contributed by atoms with Crippen LogP contribution < -0.4 is 4.74 Å². The molecule has 1 aromatic rings. The summed E-state index contributed by atoms with van der Waals surface area (Å²) in [7, 11) is -4.44. The van der Waals surface area contributed by atoms with Crippen molar-refractivity contribution in [1.29, 1.82) is 0 Å². The maximum Gasteiger partial charge on any atom is 0.312 e. The van der Waals surface area contributed by atoms with Crippen molar-refractivity contribution in [3.63, 3.8) is 0 Å². The van der Waals surface area contributed by atoms with Crippen molar-refractivity contribution < 1.29 is 22.5 Å². The zero-order valence-electron chi connectivity index (χ0n) is 9.39. The van der Waals surface area contributed by atoms with Gasteiger partial charge in [-0.3, -0.25) is 9.35 Å². The largest absolute Gasteiger partial charge is 0.423 e. The second-order valence-electron chi connectivity index (χ2n) is 3.37. The van der Waals surface area contributed by atoms with E-state index in [-0.39, 0.29) is 28.6 Å². The van der Waals surface area contributed by atoms with E-state index in [2.05, 4.69) is 5.92 Å². The van der Waals surface area contributed by atoms with Gasteiger partial charge in [0, 0.05) is 6.42 Å². The number of carbonyl (C=O) groups excluding carboxylic acids is 1. The van der Waals surface area contributed by atoms with Gasteiger partial charge in [-0.2, -0.15) is 8.42 Å². The lowest BCUT2D eigenvalue weighted by Gasteiger charge is -2.09. The Hall–Kier alpha value is -1.26. The summed E-state index contributed by atoms with van der Waals surface area (Å²) in [6.45, 7) is 0. The molecule has 102 valence electrons. The van der Waals surface area contributed by atoms with Crippen LogP contribution in [0.5, 0.6) is 5.75 Å². The number of carbonyl (C=O) groups is 1. The lowest BCUT2D eigenvalue weighted by molar-refractivity contribution is -0.134. The van der Waals surface area contributed by atoms with Crippen molar-refractivity contribution in [2.24, 2.45) is 0 Å². The molecule has 0 radical (unpaired) electrons. The fraction of sp³-hybridized carbons (Fsp3) is 0.182. The molecule has 0 spiro atoms. The molecule has 0 aliphatic rings. The number of benzene rings is 1. The van der Waals surface area contributed by atoms with Gasteiger partial charge in [0.25, 0.3) is 10.1 Å². The Labute approximate surface area is 120 Å². The van der Waals surface area contributed by atoms with Crippen molar-refractivity contribution in [1.82, 2.24) is 0 Å². The van der Waals surface area contributed by atoms with E-state index in [0.29, 0.717) is 0 Å². The quantitative estimate of drug-likeness (QED) is 0.399. The highest BCUT2D eigenvalue weighted by molar-refractivity contribution is 7.85. The Balaban J connectivity index is 3.05. The molecule has 8 heteroatoms. The highest BCUT2D eigenvalue weighted by Gasteiger charge is 2.18. The van der Waals surface area contributed by atoms with Crippen LogP contribution in [-0.2, 0) is 14.9 Å². The zero-order chi connectivity index (χ0) is 14.6. The molecule has 19 heavy (non-hydrogen) atoms. The summed E-state index contributed by atoms with van der Waals surface area (Å²) in [6.07, 6.45) is 5.16. The van der Waals surface area contributed by atoms with Crippen LogP contribution >= 0.6 is 23.2 Å². The van der Waals surface area contributed by atoms with Crippen LogP contribution in [0.4, 0.5) is 0 Å². The third kappa shape index (κ3) is 4.40. The minimum Gasteiger partial charge on any atom is -0.423 e. The van der Waals surface area contributed by atoms with Crippen molar-refractivity contribution in [3.05, 3.63) is 22.2 Å². The summed E-state index contributed by atoms with van der Waals surface area (Å²) >= 11 is 11.5. The van der Waals surface area contributed by atoms with Crippen molar-refractivity contribution >= 4 is 39.3 Å². The van der Waals surface area contributed by atoms with Gasteiger partial charge < -0.3 is 4.74 Å². The molecule has 1 N–H and O–H groups in total. The zero-order valence-corrected chi connectivity index (χ0v) is 11.7. The Morgan fingerprint density at radius 2 is 1.89 bits per heavy atom. The summed E-state index contributed by atoms with van der Waals surface area (Å²) in [6, 6.07) is 1.85. The first-order valence-electron chi connectivity index (χ1n) is 4.86. The molecule has 0 aromatic heterocycles. The highest BCUT2D eigenvalue weighted by atomic mass is 35.5. The Kier molecular flexibility index (Phi) is 5.20. The molecule has 0 fully saturated rings. The molecule has 0 amide bonds. The van der Waals surface area contributed by atoms with E-state index in [1.165, 1.54) is 0 Å². The van der Waals surface area contributed by atoms with Gasteiger partial charge >= 0.3 is 5.97 Å². The number of hydrogen-bond donors (Lipinski definition) is 1. The van der Waals surface area contributed by atoms with Gasteiger partial charge in [0.15, 0.2) is 5.75 Å². The van der Waals surface area contributed by atoms with E-state index in [9.17, 15) is 13.2 Å². The molecule has 0 atom stereocenters. The van der Waals surface area contributed by atoms with E-state index >= 15 is 0 Å². The molecule has 0 saturated carbocycles. The number of halogens is 2. The average molecular weight is 323 g/mol. The second kappa shape index (κ2) is 6.26. The number of ether oxygens (including phenoxy) is 1. The monoisotopic (exact) mass is 322 g/mol. The van der Waals surface area contributed by atoms with Crippen LogP contribution in [0.25, 0.3) is 0 Å². The van der Waals surface area contributed by atoms with Gasteiger partial charge in [0.05, 0.1) is 21.4 Å². The molecule has 1 aromatic carbocycles. The van der Waals surface area contributed by atoms with Crippen LogP contribution in [0.3, 0.4) is 0 Å². The van der Waals surface area contributed by atoms with Crippen LogP contribution in [0.15, 0.2) is 17.0 Å². The first-order chi connectivity index (χ1) is 8.75. The molecular formula is C11H8Cl2O5S. The molecule has 0 heterocycles. The molecular weight excluding hydrogens is 315 g/mol. The smallest absolute Gasteiger partial charge is 0.312 e. The molecule has 0 unspecified atom stereocenters. The average Bonchev–Trinajstić information content (AvgIpc) is 2.29. The van der Waals surface area contributed by atoms with E-state index in [1.807, 2.05) is 0 Å².